The van der Waals surface area contributed by atoms with E-state index in [0.717, 1.165) is 28.2 Å². The first kappa shape index (κ1) is 21.9. The van der Waals surface area contributed by atoms with Gasteiger partial charge < -0.3 is 10.6 Å². The van der Waals surface area contributed by atoms with E-state index in [-0.39, 0.29) is 11.8 Å². The van der Waals surface area contributed by atoms with Crippen LogP contribution in [-0.2, 0) is 17.6 Å². The summed E-state index contributed by atoms with van der Waals surface area (Å²) in [6.07, 6.45) is 2.44. The highest BCUT2D eigenvalue weighted by Gasteiger charge is 2.13. The highest BCUT2D eigenvalue weighted by Crippen LogP contribution is 2.16. The van der Waals surface area contributed by atoms with Crippen LogP contribution in [0.5, 0.6) is 0 Å². The first-order valence-electron chi connectivity index (χ1n) is 9.71. The molecule has 0 saturated carbocycles. The summed E-state index contributed by atoms with van der Waals surface area (Å²) in [7, 11) is 0. The van der Waals surface area contributed by atoms with E-state index in [0.29, 0.717) is 35.8 Å². The lowest BCUT2D eigenvalue weighted by atomic mass is 10.1. The highest BCUT2D eigenvalue weighted by atomic mass is 35.5. The molecule has 0 fully saturated rings. The normalized spacial score (nSPS) is 10.6. The van der Waals surface area contributed by atoms with Crippen molar-refractivity contribution in [1.29, 1.82) is 0 Å². The van der Waals surface area contributed by atoms with Crippen LogP contribution in [0, 0.1) is 6.92 Å². The first-order valence-corrected chi connectivity index (χ1v) is 10.9. The molecule has 3 rings (SSSR count). The van der Waals surface area contributed by atoms with Gasteiger partial charge in [-0.3, -0.25) is 9.59 Å². The molecule has 0 radical (unpaired) electrons. The summed E-state index contributed by atoms with van der Waals surface area (Å²) in [4.78, 5) is 24.3. The quantitative estimate of drug-likeness (QED) is 0.513. The van der Waals surface area contributed by atoms with Crippen molar-refractivity contribution in [2.45, 2.75) is 32.6 Å². The van der Waals surface area contributed by atoms with Crippen molar-refractivity contribution in [1.82, 2.24) is 15.5 Å². The summed E-state index contributed by atoms with van der Waals surface area (Å²) in [5, 5.41) is 15.5. The predicted octanol–water partition coefficient (Wildman–Crippen LogP) is 4.43. The maximum absolute atomic E-state index is 12.3. The molecule has 156 valence electrons. The summed E-state index contributed by atoms with van der Waals surface area (Å²) >= 11 is 7.12. The molecule has 8 heteroatoms. The molecule has 2 N–H and O–H groups in total. The minimum absolute atomic E-state index is 0.00539. The van der Waals surface area contributed by atoms with E-state index in [4.69, 9.17) is 11.6 Å². The van der Waals surface area contributed by atoms with Gasteiger partial charge in [0, 0.05) is 30.1 Å². The Morgan fingerprint density at radius 1 is 1.00 bits per heavy atom. The fraction of sp³-hybridized carbons (Fsp3) is 0.273. The van der Waals surface area contributed by atoms with Crippen molar-refractivity contribution in [2.75, 3.05) is 11.9 Å². The molecule has 0 atom stereocenters. The van der Waals surface area contributed by atoms with Gasteiger partial charge in [-0.1, -0.05) is 52.8 Å². The second kappa shape index (κ2) is 10.8. The average Bonchev–Trinajstić information content (AvgIpc) is 3.20. The van der Waals surface area contributed by atoms with Crippen LogP contribution in [0.25, 0.3) is 0 Å². The number of nitrogens with zero attached hydrogens (tertiary/aromatic N) is 2. The zero-order valence-corrected chi connectivity index (χ0v) is 18.2. The number of hydrogen-bond donors (Lipinski definition) is 2. The Balaban J connectivity index is 1.36. The van der Waals surface area contributed by atoms with Crippen molar-refractivity contribution in [2.24, 2.45) is 0 Å². The molecule has 0 aliphatic rings. The molecule has 1 aromatic heterocycles. The summed E-state index contributed by atoms with van der Waals surface area (Å²) in [6, 6.07) is 15.2. The molecule has 0 unspecified atom stereocenters. The van der Waals surface area contributed by atoms with E-state index < -0.39 is 0 Å². The highest BCUT2D eigenvalue weighted by molar-refractivity contribution is 7.13. The smallest absolute Gasteiger partial charge is 0.286 e. The van der Waals surface area contributed by atoms with E-state index in [1.165, 1.54) is 11.3 Å². The molecule has 0 bridgehead atoms. The molecule has 1 heterocycles. The van der Waals surface area contributed by atoms with Crippen LogP contribution in [-0.4, -0.2) is 28.6 Å². The molecule has 0 aliphatic carbocycles. The van der Waals surface area contributed by atoms with E-state index in [1.54, 1.807) is 0 Å². The maximum atomic E-state index is 12.3. The number of amides is 2. The zero-order valence-electron chi connectivity index (χ0n) is 16.7. The number of halogens is 1. The van der Waals surface area contributed by atoms with Crippen molar-refractivity contribution >= 4 is 40.4 Å². The van der Waals surface area contributed by atoms with Gasteiger partial charge in [-0.05, 0) is 49.6 Å². The van der Waals surface area contributed by atoms with Crippen LogP contribution in [0.15, 0.2) is 48.5 Å². The zero-order chi connectivity index (χ0) is 21.3. The van der Waals surface area contributed by atoms with Crippen LogP contribution >= 0.6 is 22.9 Å². The number of nitrogens with one attached hydrogen (secondary N) is 2. The Hall–Kier alpha value is -2.77. The molecule has 2 aromatic carbocycles. The van der Waals surface area contributed by atoms with Gasteiger partial charge in [0.25, 0.3) is 5.91 Å². The van der Waals surface area contributed by atoms with Crippen LogP contribution < -0.4 is 10.6 Å². The van der Waals surface area contributed by atoms with Crippen molar-refractivity contribution in [3.05, 3.63) is 74.7 Å². The number of rotatable bonds is 9. The van der Waals surface area contributed by atoms with E-state index in [9.17, 15) is 9.59 Å². The molecule has 0 spiro atoms. The van der Waals surface area contributed by atoms with Gasteiger partial charge in [-0.2, -0.15) is 0 Å². The van der Waals surface area contributed by atoms with Crippen LogP contribution in [0.3, 0.4) is 0 Å². The molecule has 2 amide bonds. The van der Waals surface area contributed by atoms with Crippen LogP contribution in [0.4, 0.5) is 5.69 Å². The molecule has 3 aromatic rings. The first-order chi connectivity index (χ1) is 14.5. The fourth-order valence-electron chi connectivity index (χ4n) is 2.75. The Kier molecular flexibility index (Phi) is 7.93. The number of anilines is 1. The molecule has 30 heavy (non-hydrogen) atoms. The van der Waals surface area contributed by atoms with E-state index in [2.05, 4.69) is 20.8 Å². The number of benzene rings is 2. The molecular weight excluding hydrogens is 420 g/mol. The second-order valence-corrected chi connectivity index (χ2v) is 8.40. The lowest BCUT2D eigenvalue weighted by Gasteiger charge is -2.05. The maximum Gasteiger partial charge on any atom is 0.286 e. The third-order valence-corrected chi connectivity index (χ3v) is 5.65. The molecular formula is C22H23ClN4O2S. The molecule has 0 aliphatic heterocycles. The monoisotopic (exact) mass is 442 g/mol. The summed E-state index contributed by atoms with van der Waals surface area (Å²) in [5.74, 6) is -0.270. The Bertz CT molecular complexity index is 987. The third kappa shape index (κ3) is 6.93. The SMILES string of the molecule is Cc1ccc(NC(=O)c2nnc(CCCC(=O)NCCc3ccc(Cl)cc3)s2)cc1. The van der Waals surface area contributed by atoms with Gasteiger partial charge in [-0.15, -0.1) is 10.2 Å². The van der Waals surface area contributed by atoms with Crippen LogP contribution in [0.1, 0.15) is 38.8 Å². The lowest BCUT2D eigenvalue weighted by Crippen LogP contribution is -2.25. The standard InChI is InChI=1S/C22H23ClN4O2S/c1-15-5-11-18(12-6-15)25-21(29)22-27-26-20(30-22)4-2-3-19(28)24-14-13-16-7-9-17(23)10-8-16/h5-12H,2-4,13-14H2,1H3,(H,24,28)(H,25,29). The number of hydrogen-bond acceptors (Lipinski definition) is 5. The van der Waals surface area contributed by atoms with Crippen molar-refractivity contribution < 1.29 is 9.59 Å². The predicted molar refractivity (Wildman–Crippen MR) is 120 cm³/mol. The second-order valence-electron chi connectivity index (χ2n) is 6.90. The van der Waals surface area contributed by atoms with Crippen LogP contribution in [0.2, 0.25) is 5.02 Å². The fourth-order valence-corrected chi connectivity index (χ4v) is 3.66. The van der Waals surface area contributed by atoms with Gasteiger partial charge in [0.2, 0.25) is 10.9 Å². The summed E-state index contributed by atoms with van der Waals surface area (Å²) < 4.78 is 0. The van der Waals surface area contributed by atoms with Crippen molar-refractivity contribution in [3.63, 3.8) is 0 Å². The molecule has 6 nitrogen and oxygen atoms in total. The van der Waals surface area contributed by atoms with Gasteiger partial charge in [0.15, 0.2) is 0 Å². The van der Waals surface area contributed by atoms with E-state index in [1.807, 2.05) is 55.5 Å². The van der Waals surface area contributed by atoms with Gasteiger partial charge in [0.05, 0.1) is 0 Å². The van der Waals surface area contributed by atoms with Gasteiger partial charge in [0.1, 0.15) is 5.01 Å². The minimum Gasteiger partial charge on any atom is -0.356 e. The van der Waals surface area contributed by atoms with E-state index >= 15 is 0 Å². The number of aryl methyl sites for hydroxylation is 2. The Labute approximate surface area is 184 Å². The largest absolute Gasteiger partial charge is 0.356 e. The lowest BCUT2D eigenvalue weighted by molar-refractivity contribution is -0.121. The number of carbonyl (C=O) groups excluding carboxylic acids is 2. The third-order valence-electron chi connectivity index (χ3n) is 4.41. The topological polar surface area (TPSA) is 84.0 Å². The summed E-state index contributed by atoms with van der Waals surface area (Å²) in [6.45, 7) is 2.57. The molecule has 0 saturated heterocycles. The van der Waals surface area contributed by atoms with Gasteiger partial charge in [-0.25, -0.2) is 0 Å². The Morgan fingerprint density at radius 2 is 1.73 bits per heavy atom. The minimum atomic E-state index is -0.275. The van der Waals surface area contributed by atoms with Crippen molar-refractivity contribution in [3.8, 4) is 0 Å². The van der Waals surface area contributed by atoms with Gasteiger partial charge >= 0.3 is 0 Å². The Morgan fingerprint density at radius 3 is 2.47 bits per heavy atom. The average molecular weight is 443 g/mol. The number of aromatic nitrogens is 2. The summed E-state index contributed by atoms with van der Waals surface area (Å²) in [5.41, 5.74) is 2.97. The number of carbonyl (C=O) groups is 2.